The lowest BCUT2D eigenvalue weighted by atomic mass is 10.00. The van der Waals surface area contributed by atoms with Crippen molar-refractivity contribution >= 4 is 11.0 Å². The highest BCUT2D eigenvalue weighted by atomic mass is 16.3. The average molecular weight is 235 g/mol. The summed E-state index contributed by atoms with van der Waals surface area (Å²) in [6.07, 6.45) is 0.690. The minimum absolute atomic E-state index is 0.147. The highest BCUT2D eigenvalue weighted by Crippen LogP contribution is 2.24. The smallest absolute Gasteiger partial charge is 0.326 e. The van der Waals surface area contributed by atoms with Gasteiger partial charge < -0.3 is 15.8 Å². The molecule has 17 heavy (non-hydrogen) atoms. The summed E-state index contributed by atoms with van der Waals surface area (Å²) in [6.45, 7) is 4.42. The summed E-state index contributed by atoms with van der Waals surface area (Å²) >= 11 is 0. The van der Waals surface area contributed by atoms with Gasteiger partial charge in [0.25, 0.3) is 0 Å². The van der Waals surface area contributed by atoms with Crippen molar-refractivity contribution in [2.24, 2.45) is 5.73 Å². The Morgan fingerprint density at radius 2 is 2.18 bits per heavy atom. The molecule has 0 amide bonds. The van der Waals surface area contributed by atoms with E-state index in [0.717, 1.165) is 5.52 Å². The van der Waals surface area contributed by atoms with Gasteiger partial charge in [0.2, 0.25) is 0 Å². The number of rotatable bonds is 3. The predicted molar refractivity (Wildman–Crippen MR) is 67.2 cm³/mol. The van der Waals surface area contributed by atoms with E-state index < -0.39 is 0 Å². The standard InChI is InChI=1S/C12H17N3O2/c1-12(2,5-6-13)15-10-7-8(16)3-4-9(10)14-11(15)17/h3-4,7,16H,5-6,13H2,1-2H3,(H,14,17). The van der Waals surface area contributed by atoms with Crippen LogP contribution in [-0.4, -0.2) is 21.2 Å². The number of phenols is 1. The molecular formula is C12H17N3O2. The molecule has 5 heteroatoms. The van der Waals surface area contributed by atoms with E-state index in [0.29, 0.717) is 18.5 Å². The van der Waals surface area contributed by atoms with Gasteiger partial charge in [0.15, 0.2) is 0 Å². The van der Waals surface area contributed by atoms with Crippen molar-refractivity contribution < 1.29 is 5.11 Å². The van der Waals surface area contributed by atoms with Crippen molar-refractivity contribution in [3.8, 4) is 5.75 Å². The van der Waals surface area contributed by atoms with E-state index in [1.807, 2.05) is 13.8 Å². The topological polar surface area (TPSA) is 84.0 Å². The zero-order valence-electron chi connectivity index (χ0n) is 10.0. The van der Waals surface area contributed by atoms with Gasteiger partial charge in [-0.15, -0.1) is 0 Å². The Morgan fingerprint density at radius 1 is 1.47 bits per heavy atom. The number of benzene rings is 1. The van der Waals surface area contributed by atoms with E-state index in [9.17, 15) is 9.90 Å². The van der Waals surface area contributed by atoms with Gasteiger partial charge in [0.05, 0.1) is 11.0 Å². The number of nitrogens with one attached hydrogen (secondary N) is 1. The lowest BCUT2D eigenvalue weighted by molar-refractivity contribution is 0.333. The molecule has 0 unspecified atom stereocenters. The van der Waals surface area contributed by atoms with Crippen LogP contribution in [0.1, 0.15) is 20.3 Å². The van der Waals surface area contributed by atoms with E-state index >= 15 is 0 Å². The van der Waals surface area contributed by atoms with Crippen molar-refractivity contribution in [1.82, 2.24) is 9.55 Å². The van der Waals surface area contributed by atoms with Gasteiger partial charge in [-0.1, -0.05) is 0 Å². The molecule has 92 valence electrons. The van der Waals surface area contributed by atoms with Crippen LogP contribution in [0.25, 0.3) is 11.0 Å². The molecule has 1 aromatic heterocycles. The van der Waals surface area contributed by atoms with Crippen LogP contribution in [0.3, 0.4) is 0 Å². The molecule has 0 fully saturated rings. The van der Waals surface area contributed by atoms with Gasteiger partial charge in [-0.2, -0.15) is 0 Å². The molecule has 2 rings (SSSR count). The molecule has 0 aliphatic carbocycles. The van der Waals surface area contributed by atoms with E-state index in [1.165, 1.54) is 0 Å². The highest BCUT2D eigenvalue weighted by molar-refractivity contribution is 5.77. The maximum absolute atomic E-state index is 12.0. The molecule has 0 spiro atoms. The van der Waals surface area contributed by atoms with Crippen molar-refractivity contribution in [3.63, 3.8) is 0 Å². The second-order valence-corrected chi connectivity index (χ2v) is 4.82. The second kappa shape index (κ2) is 3.92. The minimum atomic E-state index is -0.377. The van der Waals surface area contributed by atoms with Crippen LogP contribution >= 0.6 is 0 Å². The third-order valence-electron chi connectivity index (χ3n) is 3.03. The van der Waals surface area contributed by atoms with Gasteiger partial charge in [-0.05, 0) is 38.9 Å². The van der Waals surface area contributed by atoms with Gasteiger partial charge >= 0.3 is 5.69 Å². The fourth-order valence-electron chi connectivity index (χ4n) is 2.16. The van der Waals surface area contributed by atoms with Crippen LogP contribution in [0.2, 0.25) is 0 Å². The third kappa shape index (κ3) is 1.93. The molecule has 1 aromatic carbocycles. The van der Waals surface area contributed by atoms with Crippen LogP contribution in [0.5, 0.6) is 5.75 Å². The molecule has 4 N–H and O–H groups in total. The predicted octanol–water partition coefficient (Wildman–Crippen LogP) is 1.12. The fraction of sp³-hybridized carbons (Fsp3) is 0.417. The summed E-state index contributed by atoms with van der Waals surface area (Å²) in [7, 11) is 0. The van der Waals surface area contributed by atoms with E-state index in [2.05, 4.69) is 4.98 Å². The zero-order valence-corrected chi connectivity index (χ0v) is 10.0. The summed E-state index contributed by atoms with van der Waals surface area (Å²) in [5.41, 5.74) is 6.44. The molecule has 1 heterocycles. The van der Waals surface area contributed by atoms with Crippen molar-refractivity contribution in [3.05, 3.63) is 28.7 Å². The van der Waals surface area contributed by atoms with E-state index in [4.69, 9.17) is 5.73 Å². The lowest BCUT2D eigenvalue weighted by Gasteiger charge is -2.25. The van der Waals surface area contributed by atoms with Gasteiger partial charge in [-0.25, -0.2) is 4.79 Å². The highest BCUT2D eigenvalue weighted by Gasteiger charge is 2.24. The molecule has 0 aliphatic heterocycles. The second-order valence-electron chi connectivity index (χ2n) is 4.82. The molecule has 0 saturated heterocycles. The van der Waals surface area contributed by atoms with E-state index in [-0.39, 0.29) is 17.0 Å². The number of nitrogens with two attached hydrogens (primary N) is 1. The summed E-state index contributed by atoms with van der Waals surface area (Å²) in [6, 6.07) is 4.84. The Bertz CT molecular complexity index is 595. The first-order valence-corrected chi connectivity index (χ1v) is 5.60. The summed E-state index contributed by atoms with van der Waals surface area (Å²) in [5, 5.41) is 9.51. The Labute approximate surface area is 98.9 Å². The molecule has 0 atom stereocenters. The van der Waals surface area contributed by atoms with Crippen molar-refractivity contribution in [1.29, 1.82) is 0 Å². The van der Waals surface area contributed by atoms with Gasteiger partial charge in [0.1, 0.15) is 5.75 Å². The van der Waals surface area contributed by atoms with Crippen LogP contribution in [0, 0.1) is 0 Å². The van der Waals surface area contributed by atoms with Crippen molar-refractivity contribution in [2.45, 2.75) is 25.8 Å². The molecular weight excluding hydrogens is 218 g/mol. The number of aromatic hydroxyl groups is 1. The Hall–Kier alpha value is -1.75. The lowest BCUT2D eigenvalue weighted by Crippen LogP contribution is -2.36. The maximum atomic E-state index is 12.0. The number of nitrogens with zero attached hydrogens (tertiary/aromatic N) is 1. The first-order valence-electron chi connectivity index (χ1n) is 5.60. The number of hydrogen-bond donors (Lipinski definition) is 3. The average Bonchev–Trinajstić information content (AvgIpc) is 2.53. The fourth-order valence-corrected chi connectivity index (χ4v) is 2.16. The number of phenolic OH excluding ortho intramolecular Hbond substituents is 1. The van der Waals surface area contributed by atoms with Crippen LogP contribution in [0.4, 0.5) is 0 Å². The SMILES string of the molecule is CC(C)(CCN)n1c(=O)[nH]c2ccc(O)cc21. The Balaban J connectivity index is 2.72. The summed E-state index contributed by atoms with van der Waals surface area (Å²) < 4.78 is 1.65. The quantitative estimate of drug-likeness (QED) is 0.745. The first-order chi connectivity index (χ1) is 7.95. The normalized spacial score (nSPS) is 12.2. The molecule has 0 aliphatic rings. The van der Waals surface area contributed by atoms with Crippen LogP contribution in [-0.2, 0) is 5.54 Å². The van der Waals surface area contributed by atoms with Gasteiger partial charge in [0, 0.05) is 11.6 Å². The summed E-state index contributed by atoms with van der Waals surface area (Å²) in [4.78, 5) is 14.7. The van der Waals surface area contributed by atoms with Crippen molar-refractivity contribution in [2.75, 3.05) is 6.54 Å². The Morgan fingerprint density at radius 3 is 2.82 bits per heavy atom. The first kappa shape index (κ1) is 11.7. The maximum Gasteiger partial charge on any atom is 0.326 e. The van der Waals surface area contributed by atoms with Gasteiger partial charge in [-0.3, -0.25) is 4.57 Å². The molecule has 0 saturated carbocycles. The Kier molecular flexibility index (Phi) is 2.71. The number of fused-ring (bicyclic) bond motifs is 1. The number of H-pyrrole nitrogens is 1. The minimum Gasteiger partial charge on any atom is -0.508 e. The number of hydrogen-bond acceptors (Lipinski definition) is 3. The summed E-state index contributed by atoms with van der Waals surface area (Å²) in [5.74, 6) is 0.147. The molecule has 5 nitrogen and oxygen atoms in total. The molecule has 0 bridgehead atoms. The molecule has 2 aromatic rings. The monoisotopic (exact) mass is 235 g/mol. The van der Waals surface area contributed by atoms with E-state index in [1.54, 1.807) is 22.8 Å². The number of aromatic amines is 1. The van der Waals surface area contributed by atoms with Crippen LogP contribution in [0.15, 0.2) is 23.0 Å². The zero-order chi connectivity index (χ0) is 12.6. The van der Waals surface area contributed by atoms with Crippen LogP contribution < -0.4 is 11.4 Å². The molecule has 0 radical (unpaired) electrons. The third-order valence-corrected chi connectivity index (χ3v) is 3.03. The number of aromatic nitrogens is 2. The largest absolute Gasteiger partial charge is 0.508 e. The number of imidazole rings is 1.